The van der Waals surface area contributed by atoms with Gasteiger partial charge in [-0.15, -0.1) is 0 Å². The number of ether oxygens (including phenoxy) is 1. The van der Waals surface area contributed by atoms with Crippen LogP contribution >= 0.6 is 23.5 Å². The van der Waals surface area contributed by atoms with Crippen molar-refractivity contribution in [1.82, 2.24) is 14.3 Å². The molecule has 0 bridgehead atoms. The number of methoxy groups -OCH3 is 1. The van der Waals surface area contributed by atoms with Gasteiger partial charge in [0.15, 0.2) is 5.82 Å². The molecule has 0 radical (unpaired) electrons. The number of nitrogens with zero attached hydrogens (tertiary/aromatic N) is 4. The Hall–Kier alpha value is -3.47. The number of benzene rings is 2. The van der Waals surface area contributed by atoms with Crippen molar-refractivity contribution in [3.63, 3.8) is 0 Å². The minimum atomic E-state index is -0.291. The highest BCUT2D eigenvalue weighted by Crippen LogP contribution is 2.33. The fraction of sp³-hybridized carbons (Fsp3) is 0.240. The first kappa shape index (κ1) is 25.6. The smallest absolute Gasteiger partial charge is 0.247 e. The Labute approximate surface area is 220 Å². The average Bonchev–Trinajstić information content (AvgIpc) is 2.91. The van der Waals surface area contributed by atoms with Gasteiger partial charge in [0.25, 0.3) is 0 Å². The molecule has 0 unspecified atom stereocenters. The van der Waals surface area contributed by atoms with E-state index in [4.69, 9.17) is 16.3 Å². The molecule has 1 fully saturated rings. The van der Waals surface area contributed by atoms with Crippen LogP contribution in [0.4, 0.5) is 34.5 Å². The molecule has 0 atom stereocenters. The Morgan fingerprint density at radius 3 is 2.64 bits per heavy atom. The van der Waals surface area contributed by atoms with Crippen molar-refractivity contribution >= 4 is 64.0 Å². The molecule has 2 aromatic carbocycles. The van der Waals surface area contributed by atoms with Crippen molar-refractivity contribution in [2.75, 3.05) is 60.4 Å². The van der Waals surface area contributed by atoms with Crippen molar-refractivity contribution in [1.29, 1.82) is 0 Å². The van der Waals surface area contributed by atoms with Gasteiger partial charge in [-0.3, -0.25) is 4.79 Å². The van der Waals surface area contributed by atoms with E-state index in [9.17, 15) is 4.79 Å². The Morgan fingerprint density at radius 2 is 1.92 bits per heavy atom. The maximum atomic E-state index is 11.6. The molecular formula is C25H28ClN7O2S. The van der Waals surface area contributed by atoms with E-state index in [2.05, 4.69) is 54.0 Å². The molecule has 1 saturated heterocycles. The lowest BCUT2D eigenvalue weighted by molar-refractivity contribution is -0.111. The summed E-state index contributed by atoms with van der Waals surface area (Å²) >= 11 is 8.13. The second-order valence-corrected chi connectivity index (χ2v) is 9.19. The number of carbonyl (C=O) groups excluding carboxylic acids is 1. The van der Waals surface area contributed by atoms with E-state index in [1.807, 2.05) is 24.3 Å². The summed E-state index contributed by atoms with van der Waals surface area (Å²) in [6, 6.07) is 13.3. The van der Waals surface area contributed by atoms with Crippen LogP contribution in [0.5, 0.6) is 5.75 Å². The van der Waals surface area contributed by atoms with Crippen LogP contribution in [0.2, 0.25) is 5.02 Å². The third-order valence-electron chi connectivity index (χ3n) is 5.62. The predicted molar refractivity (Wildman–Crippen MR) is 149 cm³/mol. The number of piperazine rings is 1. The topological polar surface area (TPSA) is 94.6 Å². The molecule has 1 aromatic heterocycles. The van der Waals surface area contributed by atoms with Crippen LogP contribution in [-0.4, -0.2) is 59.7 Å². The van der Waals surface area contributed by atoms with Crippen molar-refractivity contribution in [2.45, 2.75) is 0 Å². The van der Waals surface area contributed by atoms with Gasteiger partial charge in [0.05, 0.1) is 19.0 Å². The summed E-state index contributed by atoms with van der Waals surface area (Å²) in [5.41, 5.74) is 3.17. The van der Waals surface area contributed by atoms with Crippen LogP contribution in [0.15, 0.2) is 61.3 Å². The summed E-state index contributed by atoms with van der Waals surface area (Å²) in [6.45, 7) is 7.42. The normalized spacial score (nSPS) is 13.7. The molecule has 2 heterocycles. The van der Waals surface area contributed by atoms with Crippen molar-refractivity contribution < 1.29 is 9.53 Å². The quantitative estimate of drug-likeness (QED) is 0.259. The molecule has 4 rings (SSSR count). The van der Waals surface area contributed by atoms with E-state index >= 15 is 0 Å². The SMILES string of the molecule is C=CC(=O)Nc1cccc(Nc2nc(Nc3ccc(N4CCN(SC)CC4)cc3OC)ncc2Cl)c1. The van der Waals surface area contributed by atoms with Gasteiger partial charge in [0, 0.05) is 49.3 Å². The van der Waals surface area contributed by atoms with Gasteiger partial charge in [0.2, 0.25) is 11.9 Å². The largest absolute Gasteiger partial charge is 0.494 e. The molecule has 1 aliphatic rings. The highest BCUT2D eigenvalue weighted by Gasteiger charge is 2.18. The molecule has 1 amide bonds. The van der Waals surface area contributed by atoms with E-state index < -0.39 is 0 Å². The van der Waals surface area contributed by atoms with Crippen molar-refractivity contribution in [3.05, 3.63) is 66.3 Å². The lowest BCUT2D eigenvalue weighted by atomic mass is 10.2. The Kier molecular flexibility index (Phi) is 8.52. The predicted octanol–water partition coefficient (Wildman–Crippen LogP) is 5.15. The molecular weight excluding hydrogens is 498 g/mol. The second-order valence-electron chi connectivity index (χ2n) is 7.90. The Morgan fingerprint density at radius 1 is 1.14 bits per heavy atom. The van der Waals surface area contributed by atoms with Gasteiger partial charge in [0.1, 0.15) is 10.8 Å². The lowest BCUT2D eigenvalue weighted by Gasteiger charge is -2.35. The summed E-state index contributed by atoms with van der Waals surface area (Å²) in [6.07, 6.45) is 4.85. The van der Waals surface area contributed by atoms with Gasteiger partial charge in [-0.1, -0.05) is 36.2 Å². The maximum Gasteiger partial charge on any atom is 0.247 e. The molecule has 9 nitrogen and oxygen atoms in total. The monoisotopic (exact) mass is 525 g/mol. The average molecular weight is 526 g/mol. The van der Waals surface area contributed by atoms with E-state index in [1.54, 1.807) is 31.2 Å². The Bertz CT molecular complexity index is 1230. The molecule has 11 heteroatoms. The third kappa shape index (κ3) is 6.39. The van der Waals surface area contributed by atoms with E-state index in [-0.39, 0.29) is 5.91 Å². The summed E-state index contributed by atoms with van der Waals surface area (Å²) < 4.78 is 8.01. The van der Waals surface area contributed by atoms with Gasteiger partial charge >= 0.3 is 0 Å². The van der Waals surface area contributed by atoms with Gasteiger partial charge in [-0.2, -0.15) is 4.98 Å². The highest BCUT2D eigenvalue weighted by atomic mass is 35.5. The van der Waals surface area contributed by atoms with Crippen LogP contribution in [0.1, 0.15) is 0 Å². The van der Waals surface area contributed by atoms with Gasteiger partial charge in [-0.05, 0) is 42.7 Å². The first-order chi connectivity index (χ1) is 17.5. The first-order valence-corrected chi connectivity index (χ1v) is 12.9. The minimum absolute atomic E-state index is 0.291. The molecule has 3 aromatic rings. The van der Waals surface area contributed by atoms with Crippen LogP contribution in [-0.2, 0) is 4.79 Å². The molecule has 3 N–H and O–H groups in total. The number of hydrogen-bond acceptors (Lipinski definition) is 9. The summed E-state index contributed by atoms with van der Waals surface area (Å²) in [5.74, 6) is 1.18. The van der Waals surface area contributed by atoms with E-state index in [0.29, 0.717) is 33.9 Å². The Balaban J connectivity index is 1.49. The first-order valence-electron chi connectivity index (χ1n) is 11.3. The number of nitrogens with one attached hydrogen (secondary N) is 3. The number of hydrogen-bond donors (Lipinski definition) is 3. The molecule has 0 aliphatic carbocycles. The number of carbonyl (C=O) groups is 1. The number of aromatic nitrogens is 2. The van der Waals surface area contributed by atoms with Gasteiger partial charge in [-0.25, -0.2) is 9.29 Å². The lowest BCUT2D eigenvalue weighted by Crippen LogP contribution is -2.43. The van der Waals surface area contributed by atoms with E-state index in [1.165, 1.54) is 12.3 Å². The fourth-order valence-corrected chi connectivity index (χ4v) is 4.42. The van der Waals surface area contributed by atoms with Crippen LogP contribution < -0.4 is 25.6 Å². The van der Waals surface area contributed by atoms with Crippen LogP contribution in [0.3, 0.4) is 0 Å². The molecule has 36 heavy (non-hydrogen) atoms. The second kappa shape index (κ2) is 12.0. The van der Waals surface area contributed by atoms with Crippen LogP contribution in [0, 0.1) is 0 Å². The zero-order valence-corrected chi connectivity index (χ0v) is 21.7. The molecule has 188 valence electrons. The number of halogens is 1. The fourth-order valence-electron chi connectivity index (χ4n) is 3.75. The maximum absolute atomic E-state index is 11.6. The number of rotatable bonds is 9. The molecule has 0 saturated carbocycles. The zero-order valence-electron chi connectivity index (χ0n) is 20.1. The summed E-state index contributed by atoms with van der Waals surface area (Å²) in [7, 11) is 1.64. The molecule has 0 spiro atoms. The van der Waals surface area contributed by atoms with Crippen molar-refractivity contribution in [2.24, 2.45) is 0 Å². The van der Waals surface area contributed by atoms with Crippen molar-refractivity contribution in [3.8, 4) is 5.75 Å². The molecule has 1 aliphatic heterocycles. The standard InChI is InChI=1S/C25H28ClN7O2S/c1-4-23(34)28-17-6-5-7-18(14-17)29-24-20(26)16-27-25(31-24)30-21-9-8-19(15-22(21)35-2)32-10-12-33(36-3)13-11-32/h4-9,14-16H,1,10-13H2,2-3H3,(H,28,34)(H2,27,29,30,31). The zero-order chi connectivity index (χ0) is 25.5. The van der Waals surface area contributed by atoms with E-state index in [0.717, 1.165) is 37.6 Å². The van der Waals surface area contributed by atoms with Gasteiger partial charge < -0.3 is 25.6 Å². The van der Waals surface area contributed by atoms with Crippen LogP contribution in [0.25, 0.3) is 0 Å². The summed E-state index contributed by atoms with van der Waals surface area (Å²) in [5, 5.41) is 9.48. The highest BCUT2D eigenvalue weighted by molar-refractivity contribution is 7.96. The third-order valence-corrected chi connectivity index (χ3v) is 6.77. The minimum Gasteiger partial charge on any atom is -0.494 e. The number of anilines is 6. The number of amides is 1. The summed E-state index contributed by atoms with van der Waals surface area (Å²) in [4.78, 5) is 22.8.